The van der Waals surface area contributed by atoms with Crippen LogP contribution >= 0.6 is 0 Å². The van der Waals surface area contributed by atoms with Gasteiger partial charge in [0.05, 0.1) is 0 Å². The number of carbonyl (C=O) groups is 1. The average Bonchev–Trinajstić information content (AvgIpc) is 2.47. The molecule has 0 saturated carbocycles. The monoisotopic (exact) mass is 299 g/mol. The summed E-state index contributed by atoms with van der Waals surface area (Å²) < 4.78 is 0. The molecular formula is C17H21N3O2. The quantitative estimate of drug-likeness (QED) is 0.822. The predicted octanol–water partition coefficient (Wildman–Crippen LogP) is 2.98. The molecule has 0 spiro atoms. The van der Waals surface area contributed by atoms with Gasteiger partial charge in [0, 0.05) is 12.6 Å². The van der Waals surface area contributed by atoms with Crippen LogP contribution in [0.4, 0.5) is 5.82 Å². The van der Waals surface area contributed by atoms with Crippen molar-refractivity contribution in [2.75, 3.05) is 5.32 Å². The number of aromatic nitrogens is 2. The van der Waals surface area contributed by atoms with Crippen molar-refractivity contribution < 1.29 is 9.90 Å². The van der Waals surface area contributed by atoms with Gasteiger partial charge < -0.3 is 10.4 Å². The van der Waals surface area contributed by atoms with Gasteiger partial charge in [-0.15, -0.1) is 0 Å². The number of hydrogen-bond acceptors (Lipinski definition) is 4. The van der Waals surface area contributed by atoms with Crippen molar-refractivity contribution in [2.24, 2.45) is 5.92 Å². The van der Waals surface area contributed by atoms with Crippen LogP contribution in [0, 0.1) is 5.92 Å². The van der Waals surface area contributed by atoms with E-state index in [1.54, 1.807) is 12.3 Å². The summed E-state index contributed by atoms with van der Waals surface area (Å²) >= 11 is 0. The number of rotatable bonds is 7. The molecule has 5 heteroatoms. The van der Waals surface area contributed by atoms with E-state index in [0.717, 1.165) is 5.56 Å². The third-order valence-electron chi connectivity index (χ3n) is 3.24. The number of anilines is 1. The van der Waals surface area contributed by atoms with Gasteiger partial charge in [-0.05, 0) is 24.0 Å². The zero-order valence-electron chi connectivity index (χ0n) is 12.9. The summed E-state index contributed by atoms with van der Waals surface area (Å²) in [6, 6.07) is 11.0. The van der Waals surface area contributed by atoms with E-state index in [9.17, 15) is 9.90 Å². The van der Waals surface area contributed by atoms with E-state index in [4.69, 9.17) is 0 Å². The lowest BCUT2D eigenvalue weighted by Gasteiger charge is -2.17. The molecule has 1 unspecified atom stereocenters. The number of nitrogens with one attached hydrogen (secondary N) is 1. The van der Waals surface area contributed by atoms with Crippen LogP contribution in [0.1, 0.15) is 31.7 Å². The zero-order valence-corrected chi connectivity index (χ0v) is 12.9. The van der Waals surface area contributed by atoms with Gasteiger partial charge in [0.15, 0.2) is 0 Å². The summed E-state index contributed by atoms with van der Waals surface area (Å²) in [5.41, 5.74) is 1.12. The number of aliphatic carboxylic acids is 1. The van der Waals surface area contributed by atoms with Crippen molar-refractivity contribution in [1.82, 2.24) is 9.97 Å². The van der Waals surface area contributed by atoms with Crippen molar-refractivity contribution in [3.05, 3.63) is 54.0 Å². The molecular weight excluding hydrogens is 278 g/mol. The van der Waals surface area contributed by atoms with Gasteiger partial charge in [0.1, 0.15) is 17.7 Å². The SMILES string of the molecule is CC(C)CC(Nc1ccnc(Cc2ccccc2)n1)C(=O)O. The highest BCUT2D eigenvalue weighted by Crippen LogP contribution is 2.13. The zero-order chi connectivity index (χ0) is 15.9. The Balaban J connectivity index is 2.09. The number of benzene rings is 1. The molecule has 5 nitrogen and oxygen atoms in total. The van der Waals surface area contributed by atoms with Crippen LogP contribution in [0.2, 0.25) is 0 Å². The van der Waals surface area contributed by atoms with Crippen molar-refractivity contribution in [2.45, 2.75) is 32.7 Å². The largest absolute Gasteiger partial charge is 0.480 e. The molecule has 1 heterocycles. The van der Waals surface area contributed by atoms with Crippen molar-refractivity contribution in [3.63, 3.8) is 0 Å². The number of nitrogens with zero attached hydrogens (tertiary/aromatic N) is 2. The minimum atomic E-state index is -0.864. The molecule has 0 amide bonds. The molecule has 0 fully saturated rings. The fourth-order valence-corrected chi connectivity index (χ4v) is 2.21. The maximum absolute atomic E-state index is 11.3. The summed E-state index contributed by atoms with van der Waals surface area (Å²) in [6.45, 7) is 4.00. The minimum absolute atomic E-state index is 0.291. The molecule has 0 aliphatic carbocycles. The molecule has 1 aromatic heterocycles. The van der Waals surface area contributed by atoms with Crippen LogP contribution in [0.3, 0.4) is 0 Å². The van der Waals surface area contributed by atoms with Crippen LogP contribution in [0.25, 0.3) is 0 Å². The molecule has 2 rings (SSSR count). The molecule has 1 atom stereocenters. The van der Waals surface area contributed by atoms with Crippen LogP contribution in [-0.2, 0) is 11.2 Å². The summed E-state index contributed by atoms with van der Waals surface area (Å²) in [7, 11) is 0. The Labute approximate surface area is 130 Å². The highest BCUT2D eigenvalue weighted by atomic mass is 16.4. The Bertz CT molecular complexity index is 614. The maximum Gasteiger partial charge on any atom is 0.326 e. The minimum Gasteiger partial charge on any atom is -0.480 e. The van der Waals surface area contributed by atoms with Gasteiger partial charge in [-0.25, -0.2) is 14.8 Å². The van der Waals surface area contributed by atoms with Gasteiger partial charge >= 0.3 is 5.97 Å². The molecule has 0 aliphatic heterocycles. The number of carboxylic acids is 1. The van der Waals surface area contributed by atoms with E-state index in [2.05, 4.69) is 15.3 Å². The number of carboxylic acid groups (broad SMARTS) is 1. The first kappa shape index (κ1) is 15.9. The second kappa shape index (κ2) is 7.54. The van der Waals surface area contributed by atoms with Crippen molar-refractivity contribution >= 4 is 11.8 Å². The normalized spacial score (nSPS) is 12.1. The summed E-state index contributed by atoms with van der Waals surface area (Å²) in [5.74, 6) is 0.648. The average molecular weight is 299 g/mol. The lowest BCUT2D eigenvalue weighted by atomic mass is 10.0. The van der Waals surface area contributed by atoms with E-state index in [1.165, 1.54) is 0 Å². The van der Waals surface area contributed by atoms with E-state index < -0.39 is 12.0 Å². The lowest BCUT2D eigenvalue weighted by molar-refractivity contribution is -0.138. The molecule has 0 aliphatic rings. The third-order valence-corrected chi connectivity index (χ3v) is 3.24. The first-order chi connectivity index (χ1) is 10.5. The van der Waals surface area contributed by atoms with E-state index in [0.29, 0.717) is 30.4 Å². The molecule has 0 radical (unpaired) electrons. The smallest absolute Gasteiger partial charge is 0.326 e. The van der Waals surface area contributed by atoms with Gasteiger partial charge in [0.2, 0.25) is 0 Å². The topological polar surface area (TPSA) is 75.1 Å². The van der Waals surface area contributed by atoms with Gasteiger partial charge in [0.25, 0.3) is 0 Å². The first-order valence-corrected chi connectivity index (χ1v) is 7.40. The molecule has 2 aromatic rings. The van der Waals surface area contributed by atoms with Crippen molar-refractivity contribution in [3.8, 4) is 0 Å². The second-order valence-corrected chi connectivity index (χ2v) is 5.69. The fourth-order valence-electron chi connectivity index (χ4n) is 2.21. The van der Waals surface area contributed by atoms with Crippen LogP contribution in [0.15, 0.2) is 42.6 Å². The molecule has 0 bridgehead atoms. The Hall–Kier alpha value is -2.43. The molecule has 116 valence electrons. The highest BCUT2D eigenvalue weighted by molar-refractivity contribution is 5.76. The Morgan fingerprint density at radius 2 is 1.95 bits per heavy atom. The van der Waals surface area contributed by atoms with E-state index in [-0.39, 0.29) is 0 Å². The van der Waals surface area contributed by atoms with Gasteiger partial charge in [-0.1, -0.05) is 44.2 Å². The fraction of sp³-hybridized carbons (Fsp3) is 0.353. The first-order valence-electron chi connectivity index (χ1n) is 7.40. The lowest BCUT2D eigenvalue weighted by Crippen LogP contribution is -2.31. The van der Waals surface area contributed by atoms with Crippen LogP contribution < -0.4 is 5.32 Å². The van der Waals surface area contributed by atoms with Gasteiger partial charge in [-0.3, -0.25) is 0 Å². The summed E-state index contributed by atoms with van der Waals surface area (Å²) in [6.07, 6.45) is 2.83. The maximum atomic E-state index is 11.3. The van der Waals surface area contributed by atoms with Gasteiger partial charge in [-0.2, -0.15) is 0 Å². The third kappa shape index (κ3) is 4.84. The molecule has 22 heavy (non-hydrogen) atoms. The second-order valence-electron chi connectivity index (χ2n) is 5.69. The summed E-state index contributed by atoms with van der Waals surface area (Å²) in [4.78, 5) is 20.0. The van der Waals surface area contributed by atoms with E-state index in [1.807, 2.05) is 44.2 Å². The Morgan fingerprint density at radius 1 is 1.23 bits per heavy atom. The molecule has 1 aromatic carbocycles. The standard InChI is InChI=1S/C17H21N3O2/c1-12(2)10-14(17(21)22)19-15-8-9-18-16(20-15)11-13-6-4-3-5-7-13/h3-9,12,14H,10-11H2,1-2H3,(H,21,22)(H,18,19,20). The highest BCUT2D eigenvalue weighted by Gasteiger charge is 2.19. The number of hydrogen-bond donors (Lipinski definition) is 2. The Kier molecular flexibility index (Phi) is 5.47. The molecule has 2 N–H and O–H groups in total. The van der Waals surface area contributed by atoms with Crippen LogP contribution in [-0.4, -0.2) is 27.1 Å². The summed E-state index contributed by atoms with van der Waals surface area (Å²) in [5, 5.41) is 12.3. The Morgan fingerprint density at radius 3 is 2.59 bits per heavy atom. The molecule has 0 saturated heterocycles. The van der Waals surface area contributed by atoms with E-state index >= 15 is 0 Å². The van der Waals surface area contributed by atoms with Crippen LogP contribution in [0.5, 0.6) is 0 Å². The predicted molar refractivity (Wildman–Crippen MR) is 85.8 cm³/mol. The van der Waals surface area contributed by atoms with Crippen molar-refractivity contribution in [1.29, 1.82) is 0 Å².